The molecule has 2 amide bonds. The molecule has 7 heteroatoms. The summed E-state index contributed by atoms with van der Waals surface area (Å²) in [5, 5.41) is 9.59. The number of aromatic nitrogens is 2. The lowest BCUT2D eigenvalue weighted by molar-refractivity contribution is -0.121. The molecule has 1 aliphatic heterocycles. The minimum atomic E-state index is -0.0447. The van der Waals surface area contributed by atoms with Gasteiger partial charge in [-0.05, 0) is 86.8 Å². The van der Waals surface area contributed by atoms with E-state index >= 15 is 0 Å². The Labute approximate surface area is 188 Å². The van der Waals surface area contributed by atoms with Gasteiger partial charge in [-0.15, -0.1) is 0 Å². The van der Waals surface area contributed by atoms with E-state index in [9.17, 15) is 9.59 Å². The summed E-state index contributed by atoms with van der Waals surface area (Å²) in [6.07, 6.45) is 11.1. The molecule has 4 saturated carbocycles. The SMILES string of the molecule is O=C(Cc1cn2c(C(=O)NCC34CC5CC(CC(C5)C3)C4)cccc2n1)N[C@@H]1CCNC1. The molecular weight excluding hydrogens is 402 g/mol. The van der Waals surface area contributed by atoms with Crippen molar-refractivity contribution >= 4 is 17.5 Å². The highest BCUT2D eigenvalue weighted by atomic mass is 16.2. The van der Waals surface area contributed by atoms with E-state index in [0.29, 0.717) is 22.5 Å². The van der Waals surface area contributed by atoms with Crippen LogP contribution in [0.1, 0.15) is 61.1 Å². The lowest BCUT2D eigenvalue weighted by atomic mass is 9.49. The summed E-state index contributed by atoms with van der Waals surface area (Å²) in [6, 6.07) is 5.80. The maximum atomic E-state index is 13.2. The zero-order valence-corrected chi connectivity index (χ0v) is 18.6. The van der Waals surface area contributed by atoms with Crippen LogP contribution in [0.4, 0.5) is 0 Å². The van der Waals surface area contributed by atoms with Crippen LogP contribution in [0.15, 0.2) is 24.4 Å². The number of hydrogen-bond donors (Lipinski definition) is 3. The van der Waals surface area contributed by atoms with Crippen molar-refractivity contribution in [1.82, 2.24) is 25.3 Å². The summed E-state index contributed by atoms with van der Waals surface area (Å²) < 4.78 is 1.83. The van der Waals surface area contributed by atoms with Gasteiger partial charge in [-0.3, -0.25) is 14.0 Å². The minimum absolute atomic E-state index is 0.0186. The number of nitrogens with zero attached hydrogens (tertiary/aromatic N) is 2. The lowest BCUT2D eigenvalue weighted by Gasteiger charge is -2.56. The number of imidazole rings is 1. The predicted molar refractivity (Wildman–Crippen MR) is 121 cm³/mol. The van der Waals surface area contributed by atoms with Crippen LogP contribution in [0.25, 0.3) is 5.65 Å². The second-order valence-corrected chi connectivity index (χ2v) is 10.9. The Balaban J connectivity index is 1.14. The van der Waals surface area contributed by atoms with Crippen LogP contribution >= 0.6 is 0 Å². The van der Waals surface area contributed by atoms with Crippen molar-refractivity contribution in [2.24, 2.45) is 23.2 Å². The van der Waals surface area contributed by atoms with Gasteiger partial charge in [0.05, 0.1) is 12.1 Å². The molecule has 4 aliphatic carbocycles. The van der Waals surface area contributed by atoms with Crippen molar-refractivity contribution in [2.45, 2.75) is 57.4 Å². The van der Waals surface area contributed by atoms with Gasteiger partial charge in [-0.25, -0.2) is 4.98 Å². The number of nitrogens with one attached hydrogen (secondary N) is 3. The first-order valence-corrected chi connectivity index (χ1v) is 12.3. The molecule has 5 aliphatic rings. The maximum absolute atomic E-state index is 13.2. The maximum Gasteiger partial charge on any atom is 0.268 e. The van der Waals surface area contributed by atoms with Crippen molar-refractivity contribution in [1.29, 1.82) is 0 Å². The van der Waals surface area contributed by atoms with Gasteiger partial charge in [0, 0.05) is 25.3 Å². The van der Waals surface area contributed by atoms with Gasteiger partial charge in [0.2, 0.25) is 5.91 Å². The molecule has 0 radical (unpaired) electrons. The summed E-state index contributed by atoms with van der Waals surface area (Å²) in [5.41, 5.74) is 2.30. The third-order valence-electron chi connectivity index (χ3n) is 8.33. The number of carbonyl (C=O) groups excluding carboxylic acids is 2. The van der Waals surface area contributed by atoms with Crippen molar-refractivity contribution in [3.63, 3.8) is 0 Å². The fourth-order valence-electron chi connectivity index (χ4n) is 7.42. The zero-order valence-electron chi connectivity index (χ0n) is 18.6. The van der Waals surface area contributed by atoms with Gasteiger partial charge in [0.1, 0.15) is 11.3 Å². The molecule has 1 atom stereocenters. The first-order chi connectivity index (χ1) is 15.6. The summed E-state index contributed by atoms with van der Waals surface area (Å²) >= 11 is 0. The lowest BCUT2D eigenvalue weighted by Crippen LogP contribution is -2.51. The summed E-state index contributed by atoms with van der Waals surface area (Å²) in [5.74, 6) is 2.57. The van der Waals surface area contributed by atoms with Crippen LogP contribution in [0.2, 0.25) is 0 Å². The number of rotatable bonds is 6. The quantitative estimate of drug-likeness (QED) is 0.650. The average Bonchev–Trinajstić information content (AvgIpc) is 3.40. The molecule has 0 unspecified atom stereocenters. The normalized spacial score (nSPS) is 33.0. The van der Waals surface area contributed by atoms with Crippen molar-refractivity contribution < 1.29 is 9.59 Å². The molecule has 2 aromatic rings. The van der Waals surface area contributed by atoms with E-state index in [4.69, 9.17) is 0 Å². The standard InChI is InChI=1S/C25H33N5O2/c31-23(29-19-4-5-26-13-19)9-20-14-30-21(2-1-3-22(30)28-20)24(32)27-15-25-10-16-6-17(11-25)8-18(7-16)12-25/h1-3,14,16-19,26H,4-13,15H2,(H,27,32)(H,29,31)/t16?,17?,18?,19-,25?/m1/s1. The van der Waals surface area contributed by atoms with Crippen LogP contribution in [0, 0.1) is 23.2 Å². The monoisotopic (exact) mass is 435 g/mol. The van der Waals surface area contributed by atoms with Gasteiger partial charge in [-0.1, -0.05) is 6.07 Å². The predicted octanol–water partition coefficient (Wildman–Crippen LogP) is 2.30. The Hall–Kier alpha value is -2.41. The largest absolute Gasteiger partial charge is 0.352 e. The molecule has 4 bridgehead atoms. The number of carbonyl (C=O) groups is 2. The summed E-state index contributed by atoms with van der Waals surface area (Å²) in [7, 11) is 0. The molecule has 170 valence electrons. The Morgan fingerprint density at radius 3 is 2.56 bits per heavy atom. The molecule has 7 nitrogen and oxygen atoms in total. The molecule has 2 aromatic heterocycles. The molecule has 0 spiro atoms. The number of pyridine rings is 1. The van der Waals surface area contributed by atoms with Crippen LogP contribution in [-0.2, 0) is 11.2 Å². The zero-order chi connectivity index (χ0) is 21.7. The van der Waals surface area contributed by atoms with Crippen LogP contribution in [0.5, 0.6) is 0 Å². The van der Waals surface area contributed by atoms with Crippen molar-refractivity contribution in [2.75, 3.05) is 19.6 Å². The van der Waals surface area contributed by atoms with E-state index in [1.54, 1.807) is 0 Å². The minimum Gasteiger partial charge on any atom is -0.352 e. The molecule has 0 aromatic carbocycles. The fraction of sp³-hybridized carbons (Fsp3) is 0.640. The molecule has 5 fully saturated rings. The van der Waals surface area contributed by atoms with Gasteiger partial charge in [0.25, 0.3) is 5.91 Å². The van der Waals surface area contributed by atoms with Gasteiger partial charge >= 0.3 is 0 Å². The van der Waals surface area contributed by atoms with Crippen LogP contribution in [-0.4, -0.2) is 46.9 Å². The second-order valence-electron chi connectivity index (χ2n) is 10.9. The Bertz CT molecular complexity index is 1000. The number of fused-ring (bicyclic) bond motifs is 1. The highest BCUT2D eigenvalue weighted by Crippen LogP contribution is 2.59. The topological polar surface area (TPSA) is 87.5 Å². The van der Waals surface area contributed by atoms with Crippen LogP contribution in [0.3, 0.4) is 0 Å². The number of hydrogen-bond acceptors (Lipinski definition) is 4. The van der Waals surface area contributed by atoms with E-state index in [2.05, 4.69) is 20.9 Å². The molecule has 32 heavy (non-hydrogen) atoms. The third-order valence-corrected chi connectivity index (χ3v) is 8.33. The van der Waals surface area contributed by atoms with Gasteiger partial charge in [-0.2, -0.15) is 0 Å². The smallest absolute Gasteiger partial charge is 0.268 e. The summed E-state index contributed by atoms with van der Waals surface area (Å²) in [4.78, 5) is 30.2. The van der Waals surface area contributed by atoms with E-state index in [1.807, 2.05) is 28.8 Å². The Morgan fingerprint density at radius 2 is 1.88 bits per heavy atom. The van der Waals surface area contributed by atoms with Crippen molar-refractivity contribution in [3.05, 3.63) is 35.8 Å². The van der Waals surface area contributed by atoms with Crippen LogP contribution < -0.4 is 16.0 Å². The first-order valence-electron chi connectivity index (χ1n) is 12.3. The average molecular weight is 436 g/mol. The third kappa shape index (κ3) is 3.81. The highest BCUT2D eigenvalue weighted by molar-refractivity contribution is 5.93. The first kappa shape index (κ1) is 20.2. The van der Waals surface area contributed by atoms with Gasteiger partial charge < -0.3 is 16.0 Å². The van der Waals surface area contributed by atoms with E-state index < -0.39 is 0 Å². The van der Waals surface area contributed by atoms with E-state index in [-0.39, 0.29) is 24.3 Å². The summed E-state index contributed by atoms with van der Waals surface area (Å²) in [6.45, 7) is 2.55. The molecule has 7 rings (SSSR count). The molecule has 3 N–H and O–H groups in total. The molecular formula is C25H33N5O2. The van der Waals surface area contributed by atoms with E-state index in [0.717, 1.165) is 43.8 Å². The number of amides is 2. The molecule has 3 heterocycles. The van der Waals surface area contributed by atoms with Crippen molar-refractivity contribution in [3.8, 4) is 0 Å². The Kier molecular flexibility index (Phi) is 4.97. The van der Waals surface area contributed by atoms with Gasteiger partial charge in [0.15, 0.2) is 0 Å². The highest BCUT2D eigenvalue weighted by Gasteiger charge is 2.50. The Morgan fingerprint density at radius 1 is 1.12 bits per heavy atom. The van der Waals surface area contributed by atoms with E-state index in [1.165, 1.54) is 38.5 Å². The molecule has 1 saturated heterocycles. The second kappa shape index (κ2) is 7.87. The fourth-order valence-corrected chi connectivity index (χ4v) is 7.42.